The molecule has 0 aliphatic heterocycles. The van der Waals surface area contributed by atoms with E-state index in [-0.39, 0.29) is 11.9 Å². The quantitative estimate of drug-likeness (QED) is 0.597. The molecule has 0 aliphatic carbocycles. The average molecular weight is 374 g/mol. The summed E-state index contributed by atoms with van der Waals surface area (Å²) in [6.07, 6.45) is 1.99. The second-order valence-electron chi connectivity index (χ2n) is 7.03. The number of carbonyl (C=O) groups is 1. The number of allylic oxidation sites excluding steroid dienone is 2. The summed E-state index contributed by atoms with van der Waals surface area (Å²) in [6.45, 7) is 7.97. The zero-order valence-corrected chi connectivity index (χ0v) is 17.2. The number of hydrogen-bond donors (Lipinski definition) is 0. The second kappa shape index (κ2) is 8.26. The highest BCUT2D eigenvalue weighted by Crippen LogP contribution is 2.28. The molecule has 2 aromatic carbocycles. The van der Waals surface area contributed by atoms with E-state index in [9.17, 15) is 4.79 Å². The molecular weight excluding hydrogens is 346 g/mol. The molecule has 1 unspecified atom stereocenters. The number of amides is 1. The molecular formula is C24H27N3O. The van der Waals surface area contributed by atoms with Crippen LogP contribution in [0.25, 0.3) is 11.3 Å². The van der Waals surface area contributed by atoms with Crippen molar-refractivity contribution in [3.05, 3.63) is 89.3 Å². The molecule has 0 bridgehead atoms. The third kappa shape index (κ3) is 3.63. The van der Waals surface area contributed by atoms with Gasteiger partial charge in [0.25, 0.3) is 5.91 Å². The summed E-state index contributed by atoms with van der Waals surface area (Å²) in [5.41, 5.74) is 5.28. The molecule has 1 heterocycles. The zero-order chi connectivity index (χ0) is 20.3. The van der Waals surface area contributed by atoms with Crippen LogP contribution in [0.5, 0.6) is 0 Å². The molecule has 0 N–H and O–H groups in total. The third-order valence-electron chi connectivity index (χ3n) is 5.32. The monoisotopic (exact) mass is 373 g/mol. The predicted octanol–water partition coefficient (Wildman–Crippen LogP) is 5.44. The molecule has 3 aromatic rings. The van der Waals surface area contributed by atoms with Crippen LogP contribution in [0.15, 0.2) is 66.7 Å². The maximum Gasteiger partial charge on any atom is 0.258 e. The van der Waals surface area contributed by atoms with Crippen LogP contribution < -0.4 is 0 Å². The van der Waals surface area contributed by atoms with Crippen LogP contribution in [0.1, 0.15) is 54.1 Å². The van der Waals surface area contributed by atoms with Crippen LogP contribution in [0.3, 0.4) is 0 Å². The maximum atomic E-state index is 13.5. The zero-order valence-electron chi connectivity index (χ0n) is 17.2. The van der Waals surface area contributed by atoms with Gasteiger partial charge in [0, 0.05) is 7.05 Å². The van der Waals surface area contributed by atoms with Gasteiger partial charge in [-0.1, -0.05) is 54.6 Å². The predicted molar refractivity (Wildman–Crippen MR) is 115 cm³/mol. The van der Waals surface area contributed by atoms with Crippen LogP contribution in [-0.2, 0) is 0 Å². The third-order valence-corrected chi connectivity index (χ3v) is 5.32. The van der Waals surface area contributed by atoms with E-state index in [1.165, 1.54) is 0 Å². The minimum Gasteiger partial charge on any atom is -0.335 e. The Bertz CT molecular complexity index is 987. The van der Waals surface area contributed by atoms with Crippen LogP contribution in [-0.4, -0.2) is 27.6 Å². The lowest BCUT2D eigenvalue weighted by Crippen LogP contribution is -2.30. The van der Waals surface area contributed by atoms with Gasteiger partial charge < -0.3 is 4.90 Å². The number of carbonyl (C=O) groups excluding carboxylic acids is 1. The molecule has 3 rings (SSSR count). The van der Waals surface area contributed by atoms with Crippen LogP contribution in [0.4, 0.5) is 0 Å². The molecule has 0 spiro atoms. The highest BCUT2D eigenvalue weighted by molar-refractivity contribution is 5.99. The van der Waals surface area contributed by atoms with Gasteiger partial charge in [0.1, 0.15) is 5.69 Å². The lowest BCUT2D eigenvalue weighted by Gasteiger charge is -2.25. The van der Waals surface area contributed by atoms with Crippen molar-refractivity contribution in [3.63, 3.8) is 0 Å². The normalized spacial score (nSPS) is 12.7. The molecule has 1 aromatic heterocycles. The van der Waals surface area contributed by atoms with Gasteiger partial charge in [-0.3, -0.25) is 4.79 Å². The molecule has 1 atom stereocenters. The number of para-hydroxylation sites is 1. The number of nitrogens with zero attached hydrogens (tertiary/aromatic N) is 3. The highest BCUT2D eigenvalue weighted by Gasteiger charge is 2.27. The van der Waals surface area contributed by atoms with Gasteiger partial charge in [0.2, 0.25) is 0 Å². The topological polar surface area (TPSA) is 38.1 Å². The summed E-state index contributed by atoms with van der Waals surface area (Å²) in [7, 11) is 1.86. The van der Waals surface area contributed by atoms with Crippen molar-refractivity contribution in [1.82, 2.24) is 14.7 Å². The fourth-order valence-corrected chi connectivity index (χ4v) is 3.30. The van der Waals surface area contributed by atoms with Gasteiger partial charge in [0.15, 0.2) is 0 Å². The van der Waals surface area contributed by atoms with Gasteiger partial charge in [-0.05, 0) is 51.0 Å². The lowest BCUT2D eigenvalue weighted by atomic mass is 10.0. The van der Waals surface area contributed by atoms with Crippen molar-refractivity contribution < 1.29 is 4.79 Å². The average Bonchev–Trinajstić information content (AvgIpc) is 3.09. The Kier molecular flexibility index (Phi) is 5.78. The van der Waals surface area contributed by atoms with Crippen molar-refractivity contribution in [2.75, 3.05) is 7.05 Å². The van der Waals surface area contributed by atoms with Crippen molar-refractivity contribution in [1.29, 1.82) is 0 Å². The molecule has 4 nitrogen and oxygen atoms in total. The van der Waals surface area contributed by atoms with Crippen molar-refractivity contribution >= 4 is 11.5 Å². The van der Waals surface area contributed by atoms with Gasteiger partial charge in [-0.25, -0.2) is 4.68 Å². The number of rotatable bonds is 5. The SMILES string of the molecule is C/C=C(\C)c1nn(-c2ccccc2)c(C)c1C(=O)N(C)C(C)c1ccccc1. The summed E-state index contributed by atoms with van der Waals surface area (Å²) >= 11 is 0. The first kappa shape index (κ1) is 19.6. The highest BCUT2D eigenvalue weighted by atomic mass is 16.2. The molecule has 4 heteroatoms. The Balaban J connectivity index is 2.07. The first-order valence-electron chi connectivity index (χ1n) is 9.56. The van der Waals surface area contributed by atoms with Crippen molar-refractivity contribution in [3.8, 4) is 5.69 Å². The van der Waals surface area contributed by atoms with E-state index < -0.39 is 0 Å². The Morgan fingerprint density at radius 1 is 1.07 bits per heavy atom. The van der Waals surface area contributed by atoms with E-state index in [0.29, 0.717) is 5.56 Å². The summed E-state index contributed by atoms with van der Waals surface area (Å²) in [5, 5.41) is 4.79. The second-order valence-corrected chi connectivity index (χ2v) is 7.03. The molecule has 0 radical (unpaired) electrons. The first-order valence-corrected chi connectivity index (χ1v) is 9.56. The Morgan fingerprint density at radius 3 is 2.21 bits per heavy atom. The lowest BCUT2D eigenvalue weighted by molar-refractivity contribution is 0.0741. The van der Waals surface area contributed by atoms with Gasteiger partial charge in [-0.2, -0.15) is 5.10 Å². The smallest absolute Gasteiger partial charge is 0.258 e. The molecule has 144 valence electrons. The van der Waals surface area contributed by atoms with E-state index in [2.05, 4.69) is 0 Å². The van der Waals surface area contributed by atoms with Crippen LogP contribution in [0, 0.1) is 6.92 Å². The molecule has 28 heavy (non-hydrogen) atoms. The maximum absolute atomic E-state index is 13.5. The molecule has 0 saturated heterocycles. The van der Waals surface area contributed by atoms with Crippen LogP contribution in [0.2, 0.25) is 0 Å². The summed E-state index contributed by atoms with van der Waals surface area (Å²) in [4.78, 5) is 15.3. The molecule has 1 amide bonds. The first-order chi connectivity index (χ1) is 13.5. The van der Waals surface area contributed by atoms with Crippen molar-refractivity contribution in [2.45, 2.75) is 33.7 Å². The largest absolute Gasteiger partial charge is 0.335 e. The number of hydrogen-bond acceptors (Lipinski definition) is 2. The van der Waals surface area contributed by atoms with Gasteiger partial charge >= 0.3 is 0 Å². The summed E-state index contributed by atoms with van der Waals surface area (Å²) in [5.74, 6) is -0.0211. The summed E-state index contributed by atoms with van der Waals surface area (Å²) < 4.78 is 1.86. The number of benzene rings is 2. The van der Waals surface area contributed by atoms with E-state index in [1.807, 2.05) is 106 Å². The van der Waals surface area contributed by atoms with Crippen molar-refractivity contribution in [2.24, 2.45) is 0 Å². The van der Waals surface area contributed by atoms with Gasteiger partial charge in [0.05, 0.1) is 23.0 Å². The minimum absolute atomic E-state index is 0.0211. The number of aromatic nitrogens is 2. The minimum atomic E-state index is -0.0352. The molecule has 0 aliphatic rings. The molecule has 0 fully saturated rings. The summed E-state index contributed by atoms with van der Waals surface area (Å²) in [6, 6.07) is 20.0. The molecule has 0 saturated carbocycles. The van der Waals surface area contributed by atoms with Crippen LogP contribution >= 0.6 is 0 Å². The van der Waals surface area contributed by atoms with E-state index in [0.717, 1.165) is 28.2 Å². The van der Waals surface area contributed by atoms with E-state index in [1.54, 1.807) is 4.90 Å². The van der Waals surface area contributed by atoms with Gasteiger partial charge in [-0.15, -0.1) is 0 Å². The standard InChI is InChI=1S/C24H27N3O/c1-6-17(2)23-22(19(4)27(25-23)21-15-11-8-12-16-21)24(28)26(5)18(3)20-13-9-7-10-14-20/h6-16,18H,1-5H3/b17-6+. The fourth-order valence-electron chi connectivity index (χ4n) is 3.30. The Morgan fingerprint density at radius 2 is 1.64 bits per heavy atom. The Labute approximate surface area is 167 Å². The fraction of sp³-hybridized carbons (Fsp3) is 0.250. The van der Waals surface area contributed by atoms with E-state index >= 15 is 0 Å². The Hall–Kier alpha value is -3.14. The van der Waals surface area contributed by atoms with E-state index in [4.69, 9.17) is 5.10 Å².